The number of benzene rings is 1. The van der Waals surface area contributed by atoms with Gasteiger partial charge < -0.3 is 10.5 Å². The van der Waals surface area contributed by atoms with Crippen molar-refractivity contribution in [2.75, 3.05) is 11.5 Å². The quantitative estimate of drug-likeness (QED) is 0.589. The van der Waals surface area contributed by atoms with Crippen molar-refractivity contribution >= 4 is 29.7 Å². The van der Waals surface area contributed by atoms with Gasteiger partial charge in [-0.1, -0.05) is 18.6 Å². The van der Waals surface area contributed by atoms with Crippen molar-refractivity contribution in [1.29, 1.82) is 0 Å². The van der Waals surface area contributed by atoms with E-state index in [2.05, 4.69) is 16.0 Å². The topological polar surface area (TPSA) is 116 Å². The molecule has 1 aromatic carbocycles. The zero-order chi connectivity index (χ0) is 19.4. The van der Waals surface area contributed by atoms with Crippen LogP contribution < -0.4 is 20.7 Å². The Morgan fingerprint density at radius 2 is 2.00 bits per heavy atom. The molecule has 27 heavy (non-hydrogen) atoms. The summed E-state index contributed by atoms with van der Waals surface area (Å²) in [5.74, 6) is -2.03. The molecule has 0 spiro atoms. The third-order valence-electron chi connectivity index (χ3n) is 4.90. The first-order valence-electron chi connectivity index (χ1n) is 9.30. The van der Waals surface area contributed by atoms with Crippen LogP contribution in [0.25, 0.3) is 0 Å². The van der Waals surface area contributed by atoms with Crippen molar-refractivity contribution in [2.45, 2.75) is 44.7 Å². The highest BCUT2D eigenvalue weighted by Gasteiger charge is 2.41. The lowest BCUT2D eigenvalue weighted by molar-refractivity contribution is -0.428. The lowest BCUT2D eigenvalue weighted by Gasteiger charge is -2.30. The second-order valence-corrected chi connectivity index (χ2v) is 6.76. The number of hydrogen-bond donors (Lipinski definition) is 2. The molecule has 1 aliphatic heterocycles. The Balaban J connectivity index is 1.86. The van der Waals surface area contributed by atoms with Gasteiger partial charge in [-0.3, -0.25) is 19.9 Å². The molecule has 144 valence electrons. The molecule has 8 heteroatoms. The van der Waals surface area contributed by atoms with E-state index in [1.165, 1.54) is 6.21 Å². The smallest absolute Gasteiger partial charge is 0.335 e. The highest BCUT2D eigenvalue weighted by atomic mass is 16.5. The number of ether oxygens (including phenoxy) is 1. The number of urea groups is 1. The van der Waals surface area contributed by atoms with Gasteiger partial charge in [0.05, 0.1) is 12.3 Å². The molecular formula is C19H25N4O4+. The summed E-state index contributed by atoms with van der Waals surface area (Å²) < 4.78 is 5.52. The first kappa shape index (κ1) is 19.0. The Labute approximate surface area is 157 Å². The van der Waals surface area contributed by atoms with E-state index in [1.807, 2.05) is 6.92 Å². The maximum absolute atomic E-state index is 12.9. The number of aliphatic imine (C=N–C) groups is 1. The second kappa shape index (κ2) is 8.30. The summed E-state index contributed by atoms with van der Waals surface area (Å²) in [5, 5.41) is 2.24. The third-order valence-corrected chi connectivity index (χ3v) is 4.90. The molecule has 0 unspecified atom stereocenters. The van der Waals surface area contributed by atoms with Gasteiger partial charge >= 0.3 is 6.03 Å². The first-order valence-corrected chi connectivity index (χ1v) is 9.30. The summed E-state index contributed by atoms with van der Waals surface area (Å²) in [6, 6.07) is 6.13. The number of imide groups is 2. The molecule has 3 atom stereocenters. The van der Waals surface area contributed by atoms with Gasteiger partial charge in [-0.05, 0) is 31.9 Å². The fourth-order valence-corrected chi connectivity index (χ4v) is 3.45. The van der Waals surface area contributed by atoms with Gasteiger partial charge in [-0.25, -0.2) is 9.69 Å². The highest BCUT2D eigenvalue weighted by molar-refractivity contribution is 6.32. The molecule has 0 aromatic heterocycles. The van der Waals surface area contributed by atoms with Crippen LogP contribution in [0.3, 0.4) is 0 Å². The van der Waals surface area contributed by atoms with E-state index in [9.17, 15) is 14.4 Å². The summed E-state index contributed by atoms with van der Waals surface area (Å²) in [6.45, 7) is 2.20. The number of carbonyl (C=O) groups is 3. The van der Waals surface area contributed by atoms with Crippen molar-refractivity contribution < 1.29 is 24.9 Å². The highest BCUT2D eigenvalue weighted by Crippen LogP contribution is 2.30. The van der Waals surface area contributed by atoms with Crippen molar-refractivity contribution in [2.24, 2.45) is 10.9 Å². The molecule has 1 aliphatic carbocycles. The van der Waals surface area contributed by atoms with E-state index in [0.717, 1.165) is 30.6 Å². The molecule has 1 aromatic rings. The molecule has 0 bridgehead atoms. The number of carbonyl (C=O) groups excluding carboxylic acids is 3. The zero-order valence-corrected chi connectivity index (χ0v) is 15.4. The molecule has 1 saturated heterocycles. The SMILES string of the molecule is CCOc1ccccc1N1C(=O)NC(=O)[C@H](C=N[C@@H]2CCCC[C@@H]2[NH3+])C1=O. The number of hydrogen-bond acceptors (Lipinski definition) is 5. The molecule has 4 N–H and O–H groups in total. The van der Waals surface area contributed by atoms with Crippen LogP contribution in [0.1, 0.15) is 32.6 Å². The summed E-state index contributed by atoms with van der Waals surface area (Å²) in [7, 11) is 0. The minimum atomic E-state index is -1.15. The van der Waals surface area contributed by atoms with Crippen LogP contribution in [-0.4, -0.2) is 42.8 Å². The lowest BCUT2D eigenvalue weighted by Crippen LogP contribution is -2.66. The van der Waals surface area contributed by atoms with Crippen LogP contribution in [0.4, 0.5) is 10.5 Å². The predicted molar refractivity (Wildman–Crippen MR) is 99.5 cm³/mol. The molecule has 1 heterocycles. The average molecular weight is 373 g/mol. The number of para-hydroxylation sites is 2. The van der Waals surface area contributed by atoms with Gasteiger partial charge in [0, 0.05) is 12.6 Å². The summed E-state index contributed by atoms with van der Waals surface area (Å²) >= 11 is 0. The number of amides is 4. The van der Waals surface area contributed by atoms with E-state index in [-0.39, 0.29) is 12.1 Å². The van der Waals surface area contributed by atoms with Gasteiger partial charge in [0.2, 0.25) is 5.91 Å². The Morgan fingerprint density at radius 3 is 2.74 bits per heavy atom. The second-order valence-electron chi connectivity index (χ2n) is 6.76. The minimum Gasteiger partial charge on any atom is -0.492 e. The van der Waals surface area contributed by atoms with Crippen LogP contribution in [0.2, 0.25) is 0 Å². The molecule has 0 radical (unpaired) electrons. The normalized spacial score (nSPS) is 26.4. The fourth-order valence-electron chi connectivity index (χ4n) is 3.45. The van der Waals surface area contributed by atoms with Gasteiger partial charge in [0.1, 0.15) is 17.8 Å². The molecule has 2 aliphatic rings. The maximum Gasteiger partial charge on any atom is 0.335 e. The van der Waals surface area contributed by atoms with Crippen LogP contribution in [0, 0.1) is 5.92 Å². The van der Waals surface area contributed by atoms with Crippen LogP contribution >= 0.6 is 0 Å². The fraction of sp³-hybridized carbons (Fsp3) is 0.474. The standard InChI is InChI=1S/C19H24N4O4/c1-2-27-16-10-6-5-9-15(16)23-18(25)12(17(24)22-19(23)26)11-21-14-8-4-3-7-13(14)20/h5-6,9-14H,2-4,7-8,20H2,1H3,(H,22,24,26)/p+1/t12-,13-,14+/m0/s1. The molecule has 1 saturated carbocycles. The van der Waals surface area contributed by atoms with Crippen LogP contribution in [0.5, 0.6) is 5.75 Å². The number of anilines is 1. The van der Waals surface area contributed by atoms with E-state index in [4.69, 9.17) is 4.74 Å². The lowest BCUT2D eigenvalue weighted by atomic mass is 9.91. The van der Waals surface area contributed by atoms with E-state index in [1.54, 1.807) is 24.3 Å². The number of nitrogens with one attached hydrogen (secondary N) is 1. The number of barbiturate groups is 1. The molecule has 3 rings (SSSR count). The van der Waals surface area contributed by atoms with Crippen molar-refractivity contribution in [3.63, 3.8) is 0 Å². The van der Waals surface area contributed by atoms with Gasteiger partial charge in [-0.15, -0.1) is 0 Å². The Bertz CT molecular complexity index is 764. The van der Waals surface area contributed by atoms with Gasteiger partial charge in [0.15, 0.2) is 5.92 Å². The Kier molecular flexibility index (Phi) is 5.85. The zero-order valence-electron chi connectivity index (χ0n) is 15.4. The Morgan fingerprint density at radius 1 is 1.26 bits per heavy atom. The minimum absolute atomic E-state index is 0.00105. The van der Waals surface area contributed by atoms with Crippen molar-refractivity contribution in [1.82, 2.24) is 5.32 Å². The number of rotatable bonds is 5. The predicted octanol–water partition coefficient (Wildman–Crippen LogP) is 0.908. The van der Waals surface area contributed by atoms with Crippen molar-refractivity contribution in [3.8, 4) is 5.75 Å². The monoisotopic (exact) mass is 373 g/mol. The largest absolute Gasteiger partial charge is 0.492 e. The summed E-state index contributed by atoms with van der Waals surface area (Å²) in [6.07, 6.45) is 5.43. The van der Waals surface area contributed by atoms with E-state index in [0.29, 0.717) is 18.0 Å². The third kappa shape index (κ3) is 4.00. The average Bonchev–Trinajstić information content (AvgIpc) is 2.64. The van der Waals surface area contributed by atoms with Gasteiger partial charge in [-0.2, -0.15) is 0 Å². The maximum atomic E-state index is 12.9. The number of nitrogens with zero attached hydrogens (tertiary/aromatic N) is 2. The molecule has 8 nitrogen and oxygen atoms in total. The van der Waals surface area contributed by atoms with Gasteiger partial charge in [0.25, 0.3) is 5.91 Å². The molecule has 4 amide bonds. The molecule has 2 fully saturated rings. The van der Waals surface area contributed by atoms with Crippen LogP contribution in [0.15, 0.2) is 29.3 Å². The molecular weight excluding hydrogens is 348 g/mol. The van der Waals surface area contributed by atoms with Crippen molar-refractivity contribution in [3.05, 3.63) is 24.3 Å². The van der Waals surface area contributed by atoms with Crippen LogP contribution in [-0.2, 0) is 9.59 Å². The summed E-state index contributed by atoms with van der Waals surface area (Å²) in [4.78, 5) is 42.9. The van der Waals surface area contributed by atoms with E-state index >= 15 is 0 Å². The number of quaternary nitrogens is 1. The van der Waals surface area contributed by atoms with E-state index < -0.39 is 23.8 Å². The Hall–Kier alpha value is -2.74. The summed E-state index contributed by atoms with van der Waals surface area (Å²) in [5.41, 5.74) is 4.41. The first-order chi connectivity index (χ1) is 13.0.